The largest absolute Gasteiger partial charge is 0.338 e. The lowest BCUT2D eigenvalue weighted by Crippen LogP contribution is -2.47. The molecule has 7 nitrogen and oxygen atoms in total. The van der Waals surface area contributed by atoms with Crippen LogP contribution >= 0.6 is 11.3 Å². The SMILES string of the molecule is O=S(=O)(NCCCN1CCN(c2ncccn2)CC1)c1cccs1. The molecule has 0 atom stereocenters. The second-order valence-electron chi connectivity index (χ2n) is 5.56. The maximum absolute atomic E-state index is 12.0. The molecule has 3 heterocycles. The van der Waals surface area contributed by atoms with Crippen molar-refractivity contribution in [2.75, 3.05) is 44.2 Å². The molecule has 2 aromatic heterocycles. The Labute approximate surface area is 146 Å². The van der Waals surface area contributed by atoms with Crippen LogP contribution in [0.25, 0.3) is 0 Å². The smallest absolute Gasteiger partial charge is 0.250 e. The topological polar surface area (TPSA) is 78.4 Å². The standard InChI is InChI=1S/C15H21N5O2S2/c21-24(22,14-4-1-13-23-14)18-7-3-8-19-9-11-20(12-10-19)15-16-5-2-6-17-15/h1-2,4-6,13,18H,3,7-12H2. The summed E-state index contributed by atoms with van der Waals surface area (Å²) >= 11 is 1.24. The van der Waals surface area contributed by atoms with Crippen LogP contribution in [0, 0.1) is 0 Å². The first-order valence-corrected chi connectivity index (χ1v) is 10.3. The fraction of sp³-hybridized carbons (Fsp3) is 0.467. The van der Waals surface area contributed by atoms with Crippen LogP contribution in [-0.2, 0) is 10.0 Å². The molecule has 0 saturated carbocycles. The summed E-state index contributed by atoms with van der Waals surface area (Å²) in [7, 11) is -3.34. The third-order valence-electron chi connectivity index (χ3n) is 3.91. The van der Waals surface area contributed by atoms with Gasteiger partial charge in [0.2, 0.25) is 16.0 Å². The normalized spacial score (nSPS) is 16.4. The first kappa shape index (κ1) is 17.3. The van der Waals surface area contributed by atoms with Crippen molar-refractivity contribution in [1.29, 1.82) is 0 Å². The fourth-order valence-corrected chi connectivity index (χ4v) is 4.73. The van der Waals surface area contributed by atoms with Gasteiger partial charge in [0.25, 0.3) is 0 Å². The molecular formula is C15H21N5O2S2. The summed E-state index contributed by atoms with van der Waals surface area (Å²) < 4.78 is 27.1. The number of nitrogens with one attached hydrogen (secondary N) is 1. The zero-order chi connectivity index (χ0) is 16.8. The zero-order valence-corrected chi connectivity index (χ0v) is 15.0. The lowest BCUT2D eigenvalue weighted by molar-refractivity contribution is 0.254. The number of anilines is 1. The minimum atomic E-state index is -3.34. The molecule has 1 N–H and O–H groups in total. The first-order chi connectivity index (χ1) is 11.6. The molecule has 1 fully saturated rings. The van der Waals surface area contributed by atoms with Crippen LogP contribution in [0.15, 0.2) is 40.2 Å². The van der Waals surface area contributed by atoms with Crippen LogP contribution < -0.4 is 9.62 Å². The van der Waals surface area contributed by atoms with Gasteiger partial charge < -0.3 is 4.90 Å². The van der Waals surface area contributed by atoms with E-state index in [0.29, 0.717) is 10.8 Å². The maximum Gasteiger partial charge on any atom is 0.250 e. The Bertz CT molecular complexity index is 714. The van der Waals surface area contributed by atoms with Crippen molar-refractivity contribution in [3.8, 4) is 0 Å². The van der Waals surface area contributed by atoms with Crippen LogP contribution in [0.2, 0.25) is 0 Å². The van der Waals surface area contributed by atoms with E-state index >= 15 is 0 Å². The molecule has 0 unspecified atom stereocenters. The summed E-state index contributed by atoms with van der Waals surface area (Å²) in [6.07, 6.45) is 4.31. The number of rotatable bonds is 7. The molecule has 0 spiro atoms. The van der Waals surface area contributed by atoms with E-state index in [0.717, 1.165) is 45.1 Å². The molecule has 0 aliphatic carbocycles. The Morgan fingerprint density at radius 3 is 2.54 bits per heavy atom. The van der Waals surface area contributed by atoms with Crippen LogP contribution in [0.5, 0.6) is 0 Å². The third kappa shape index (κ3) is 4.50. The highest BCUT2D eigenvalue weighted by Crippen LogP contribution is 2.15. The van der Waals surface area contributed by atoms with Gasteiger partial charge in [0, 0.05) is 45.1 Å². The minimum absolute atomic E-state index is 0.374. The lowest BCUT2D eigenvalue weighted by atomic mass is 10.3. The summed E-state index contributed by atoms with van der Waals surface area (Å²) in [4.78, 5) is 13.1. The van der Waals surface area contributed by atoms with Gasteiger partial charge in [-0.05, 0) is 30.5 Å². The second-order valence-corrected chi connectivity index (χ2v) is 8.50. The van der Waals surface area contributed by atoms with Crippen molar-refractivity contribution in [1.82, 2.24) is 19.6 Å². The number of nitrogens with zero attached hydrogens (tertiary/aromatic N) is 4. The Morgan fingerprint density at radius 2 is 1.88 bits per heavy atom. The van der Waals surface area contributed by atoms with Crippen LogP contribution in [-0.4, -0.2) is 62.6 Å². The summed E-state index contributed by atoms with van der Waals surface area (Å²) in [5.41, 5.74) is 0. The third-order valence-corrected chi connectivity index (χ3v) is 6.77. The van der Waals surface area contributed by atoms with E-state index in [1.807, 2.05) is 6.07 Å². The molecule has 1 saturated heterocycles. The second kappa shape index (κ2) is 8.02. The van der Waals surface area contributed by atoms with Gasteiger partial charge in [0.05, 0.1) is 0 Å². The van der Waals surface area contributed by atoms with Gasteiger partial charge >= 0.3 is 0 Å². The minimum Gasteiger partial charge on any atom is -0.338 e. The summed E-state index contributed by atoms with van der Waals surface area (Å²) in [5, 5.41) is 1.77. The first-order valence-electron chi connectivity index (χ1n) is 7.93. The number of hydrogen-bond acceptors (Lipinski definition) is 7. The van der Waals surface area contributed by atoms with E-state index in [1.165, 1.54) is 11.3 Å². The highest BCUT2D eigenvalue weighted by molar-refractivity contribution is 7.91. The zero-order valence-electron chi connectivity index (χ0n) is 13.3. The Morgan fingerprint density at radius 1 is 1.12 bits per heavy atom. The van der Waals surface area contributed by atoms with Gasteiger partial charge in [-0.15, -0.1) is 11.3 Å². The predicted octanol–water partition coefficient (Wildman–Crippen LogP) is 1.03. The van der Waals surface area contributed by atoms with E-state index in [1.54, 1.807) is 29.9 Å². The van der Waals surface area contributed by atoms with Crippen LogP contribution in [0.3, 0.4) is 0 Å². The van der Waals surface area contributed by atoms with Crippen molar-refractivity contribution < 1.29 is 8.42 Å². The molecule has 1 aliphatic rings. The number of piperazine rings is 1. The van der Waals surface area contributed by atoms with Crippen molar-refractivity contribution in [3.05, 3.63) is 36.0 Å². The average molecular weight is 368 g/mol. The Balaban J connectivity index is 1.37. The lowest BCUT2D eigenvalue weighted by Gasteiger charge is -2.34. The molecule has 130 valence electrons. The Kier molecular flexibility index (Phi) is 5.77. The van der Waals surface area contributed by atoms with E-state index in [4.69, 9.17) is 0 Å². The number of sulfonamides is 1. The van der Waals surface area contributed by atoms with E-state index in [2.05, 4.69) is 24.5 Å². The van der Waals surface area contributed by atoms with Crippen LogP contribution in [0.1, 0.15) is 6.42 Å². The van der Waals surface area contributed by atoms with E-state index < -0.39 is 10.0 Å². The van der Waals surface area contributed by atoms with E-state index in [-0.39, 0.29) is 0 Å². The summed E-state index contributed by atoms with van der Waals surface area (Å²) in [6, 6.07) is 5.18. The maximum atomic E-state index is 12.0. The van der Waals surface area contributed by atoms with Gasteiger partial charge in [0.1, 0.15) is 4.21 Å². The van der Waals surface area contributed by atoms with Crippen molar-refractivity contribution >= 4 is 27.3 Å². The predicted molar refractivity (Wildman–Crippen MR) is 94.8 cm³/mol. The quantitative estimate of drug-likeness (QED) is 0.737. The fourth-order valence-electron chi connectivity index (χ4n) is 2.62. The molecular weight excluding hydrogens is 346 g/mol. The molecule has 1 aliphatic heterocycles. The van der Waals surface area contributed by atoms with Gasteiger partial charge in [-0.25, -0.2) is 23.1 Å². The molecule has 0 radical (unpaired) electrons. The van der Waals surface area contributed by atoms with Crippen molar-refractivity contribution in [2.24, 2.45) is 0 Å². The van der Waals surface area contributed by atoms with E-state index in [9.17, 15) is 8.42 Å². The highest BCUT2D eigenvalue weighted by atomic mass is 32.2. The number of hydrogen-bond donors (Lipinski definition) is 1. The van der Waals surface area contributed by atoms with Gasteiger partial charge in [-0.1, -0.05) is 6.07 Å². The Hall–Kier alpha value is -1.55. The summed E-state index contributed by atoms with van der Waals surface area (Å²) in [5.74, 6) is 0.779. The van der Waals surface area contributed by atoms with Gasteiger partial charge in [-0.3, -0.25) is 4.90 Å². The van der Waals surface area contributed by atoms with Crippen molar-refractivity contribution in [3.63, 3.8) is 0 Å². The average Bonchev–Trinajstić information content (AvgIpc) is 3.16. The molecule has 9 heteroatoms. The molecule has 0 aromatic carbocycles. The molecule has 3 rings (SSSR count). The molecule has 0 amide bonds. The number of thiophene rings is 1. The molecule has 0 bridgehead atoms. The molecule has 2 aromatic rings. The van der Waals surface area contributed by atoms with Gasteiger partial charge in [0.15, 0.2) is 0 Å². The summed E-state index contributed by atoms with van der Waals surface area (Å²) in [6.45, 7) is 5.01. The number of aromatic nitrogens is 2. The highest BCUT2D eigenvalue weighted by Gasteiger charge is 2.19. The van der Waals surface area contributed by atoms with Crippen LogP contribution in [0.4, 0.5) is 5.95 Å². The molecule has 24 heavy (non-hydrogen) atoms. The monoisotopic (exact) mass is 367 g/mol. The van der Waals surface area contributed by atoms with Crippen molar-refractivity contribution in [2.45, 2.75) is 10.6 Å². The van der Waals surface area contributed by atoms with Gasteiger partial charge in [-0.2, -0.15) is 0 Å².